The van der Waals surface area contributed by atoms with Crippen molar-refractivity contribution in [3.8, 4) is 0 Å². The van der Waals surface area contributed by atoms with E-state index in [1.807, 2.05) is 37.3 Å². The van der Waals surface area contributed by atoms with Gasteiger partial charge in [0.15, 0.2) is 0 Å². The average Bonchev–Trinajstić information content (AvgIpc) is 2.47. The lowest BCUT2D eigenvalue weighted by molar-refractivity contribution is -0.125. The summed E-state index contributed by atoms with van der Waals surface area (Å²) in [5.74, 6) is -0.688. The van der Waals surface area contributed by atoms with Crippen LogP contribution in [0, 0.1) is 0 Å². The minimum absolute atomic E-state index is 0.257. The molecule has 0 aromatic heterocycles. The number of rotatable bonds is 5. The number of benzene rings is 2. The van der Waals surface area contributed by atoms with Crippen LogP contribution < -0.4 is 10.2 Å². The molecule has 2 amide bonds. The van der Waals surface area contributed by atoms with Crippen LogP contribution in [0.5, 0.6) is 0 Å². The van der Waals surface area contributed by atoms with Crippen LogP contribution in [-0.4, -0.2) is 18.4 Å². The van der Waals surface area contributed by atoms with Gasteiger partial charge in [0, 0.05) is 28.0 Å². The number of anilines is 2. The molecule has 1 N–H and O–H groups in total. The maximum absolute atomic E-state index is 12.3. The molecule has 0 aliphatic carbocycles. The summed E-state index contributed by atoms with van der Waals surface area (Å²) in [4.78, 5) is 25.9. The Morgan fingerprint density at radius 1 is 1.04 bits per heavy atom. The quantitative estimate of drug-likeness (QED) is 0.813. The first-order chi connectivity index (χ1) is 11.0. The third kappa shape index (κ3) is 4.98. The molecule has 0 saturated carbocycles. The molecule has 0 saturated heterocycles. The summed E-state index contributed by atoms with van der Waals surface area (Å²) in [6, 6.07) is 13.9. The molecule has 2 rings (SSSR count). The maximum Gasteiger partial charge on any atom is 0.236 e. The van der Waals surface area contributed by atoms with Crippen molar-refractivity contribution >= 4 is 46.4 Å². The van der Waals surface area contributed by atoms with E-state index >= 15 is 0 Å². The van der Waals surface area contributed by atoms with Gasteiger partial charge in [0.1, 0.15) is 6.42 Å². The molecule has 0 aliphatic rings. The molecule has 0 heterocycles. The number of nitrogens with zero attached hydrogens (tertiary/aromatic N) is 1. The van der Waals surface area contributed by atoms with Crippen LogP contribution in [0.1, 0.15) is 13.3 Å². The van der Waals surface area contributed by atoms with Gasteiger partial charge in [-0.25, -0.2) is 0 Å². The fraction of sp³-hybridized carbons (Fsp3) is 0.176. The van der Waals surface area contributed by atoms with Gasteiger partial charge in [-0.2, -0.15) is 0 Å². The van der Waals surface area contributed by atoms with Crippen LogP contribution in [0.25, 0.3) is 0 Å². The van der Waals surface area contributed by atoms with Crippen molar-refractivity contribution in [1.29, 1.82) is 0 Å². The summed E-state index contributed by atoms with van der Waals surface area (Å²) in [7, 11) is 0. The van der Waals surface area contributed by atoms with Gasteiger partial charge in [-0.3, -0.25) is 9.59 Å². The normalized spacial score (nSPS) is 10.2. The lowest BCUT2D eigenvalue weighted by Gasteiger charge is -2.20. The molecule has 0 spiro atoms. The SMILES string of the molecule is CCN(C(=O)CC(=O)Nc1cc(Cl)cc(Cl)c1)c1ccccc1. The van der Waals surface area contributed by atoms with Crippen molar-refractivity contribution in [3.05, 3.63) is 58.6 Å². The van der Waals surface area contributed by atoms with Crippen molar-refractivity contribution < 1.29 is 9.59 Å². The monoisotopic (exact) mass is 350 g/mol. The Morgan fingerprint density at radius 3 is 2.22 bits per heavy atom. The number of hydrogen-bond donors (Lipinski definition) is 1. The smallest absolute Gasteiger partial charge is 0.236 e. The summed E-state index contributed by atoms with van der Waals surface area (Å²) in [5.41, 5.74) is 1.22. The van der Waals surface area contributed by atoms with Gasteiger partial charge >= 0.3 is 0 Å². The van der Waals surface area contributed by atoms with Crippen LogP contribution in [0.2, 0.25) is 10.0 Å². The second kappa shape index (κ2) is 7.99. The second-order valence-corrected chi connectivity index (χ2v) is 5.73. The van der Waals surface area contributed by atoms with Crippen LogP contribution in [0.4, 0.5) is 11.4 Å². The lowest BCUT2D eigenvalue weighted by Crippen LogP contribution is -2.33. The van der Waals surface area contributed by atoms with Gasteiger partial charge in [-0.15, -0.1) is 0 Å². The molecule has 2 aromatic carbocycles. The van der Waals surface area contributed by atoms with Crippen molar-refractivity contribution in [2.45, 2.75) is 13.3 Å². The number of halogens is 2. The van der Waals surface area contributed by atoms with Crippen molar-refractivity contribution in [1.82, 2.24) is 0 Å². The van der Waals surface area contributed by atoms with Gasteiger partial charge < -0.3 is 10.2 Å². The van der Waals surface area contributed by atoms with E-state index in [0.717, 1.165) is 5.69 Å². The molecular formula is C17H16Cl2N2O2. The highest BCUT2D eigenvalue weighted by molar-refractivity contribution is 6.35. The predicted octanol–water partition coefficient (Wildman–Crippen LogP) is 4.38. The Morgan fingerprint density at radius 2 is 1.65 bits per heavy atom. The highest BCUT2D eigenvalue weighted by Gasteiger charge is 2.17. The van der Waals surface area contributed by atoms with Gasteiger partial charge in [-0.1, -0.05) is 41.4 Å². The van der Waals surface area contributed by atoms with Gasteiger partial charge in [0.05, 0.1) is 0 Å². The number of carbonyl (C=O) groups is 2. The van der Waals surface area contributed by atoms with Gasteiger partial charge in [0.2, 0.25) is 11.8 Å². The van der Waals surface area contributed by atoms with Crippen molar-refractivity contribution in [2.75, 3.05) is 16.8 Å². The Hall–Kier alpha value is -2.04. The summed E-state index contributed by atoms with van der Waals surface area (Å²) in [6.45, 7) is 2.35. The molecule has 6 heteroatoms. The molecule has 0 fully saturated rings. The molecule has 0 aliphatic heterocycles. The number of hydrogen-bond acceptors (Lipinski definition) is 2. The Labute approximate surface area is 145 Å². The van der Waals surface area contributed by atoms with Gasteiger partial charge in [-0.05, 0) is 37.3 Å². The van der Waals surface area contributed by atoms with Crippen LogP contribution >= 0.6 is 23.2 Å². The van der Waals surface area contributed by atoms with Crippen molar-refractivity contribution in [3.63, 3.8) is 0 Å². The first-order valence-corrected chi connectivity index (χ1v) is 7.86. The van der Waals surface area contributed by atoms with E-state index in [2.05, 4.69) is 5.32 Å². The predicted molar refractivity (Wildman–Crippen MR) is 94.2 cm³/mol. The molecule has 0 atom stereocenters. The molecule has 23 heavy (non-hydrogen) atoms. The minimum Gasteiger partial charge on any atom is -0.326 e. The zero-order valence-corrected chi connectivity index (χ0v) is 14.1. The van der Waals surface area contributed by atoms with Crippen LogP contribution in [0.15, 0.2) is 48.5 Å². The lowest BCUT2D eigenvalue weighted by atomic mass is 10.2. The van der Waals surface area contributed by atoms with E-state index in [1.54, 1.807) is 23.1 Å². The minimum atomic E-state index is -0.414. The highest BCUT2D eigenvalue weighted by Crippen LogP contribution is 2.22. The fourth-order valence-corrected chi connectivity index (χ4v) is 2.70. The zero-order chi connectivity index (χ0) is 16.8. The topological polar surface area (TPSA) is 49.4 Å². The molecule has 2 aromatic rings. The maximum atomic E-state index is 12.3. The summed E-state index contributed by atoms with van der Waals surface area (Å²) in [6.07, 6.45) is -0.257. The number of carbonyl (C=O) groups excluding carboxylic acids is 2. The molecular weight excluding hydrogens is 335 g/mol. The van der Waals surface area contributed by atoms with E-state index in [9.17, 15) is 9.59 Å². The molecule has 0 bridgehead atoms. The first-order valence-electron chi connectivity index (χ1n) is 7.11. The van der Waals surface area contributed by atoms with E-state index in [1.165, 1.54) is 0 Å². The Bertz CT molecular complexity index is 685. The van der Waals surface area contributed by atoms with E-state index in [4.69, 9.17) is 23.2 Å². The number of para-hydroxylation sites is 1. The highest BCUT2D eigenvalue weighted by atomic mass is 35.5. The van der Waals surface area contributed by atoms with Crippen LogP contribution in [0.3, 0.4) is 0 Å². The Balaban J connectivity index is 2.02. The summed E-state index contributed by atoms with van der Waals surface area (Å²) in [5, 5.41) is 3.46. The third-order valence-corrected chi connectivity index (χ3v) is 3.58. The van der Waals surface area contributed by atoms with E-state index < -0.39 is 5.91 Å². The Kier molecular flexibility index (Phi) is 6.02. The van der Waals surface area contributed by atoms with Crippen molar-refractivity contribution in [2.24, 2.45) is 0 Å². The number of amides is 2. The summed E-state index contributed by atoms with van der Waals surface area (Å²) < 4.78 is 0. The number of nitrogens with one attached hydrogen (secondary N) is 1. The molecule has 0 unspecified atom stereocenters. The standard InChI is InChI=1S/C17H16Cl2N2O2/c1-2-21(15-6-4-3-5-7-15)17(23)11-16(22)20-14-9-12(18)8-13(19)10-14/h3-10H,2,11H2,1H3,(H,20,22). The molecule has 120 valence electrons. The van der Waals surface area contributed by atoms with Gasteiger partial charge in [0.25, 0.3) is 0 Å². The van der Waals surface area contributed by atoms with Crippen LogP contribution in [-0.2, 0) is 9.59 Å². The first kappa shape index (κ1) is 17.3. The zero-order valence-electron chi connectivity index (χ0n) is 12.6. The summed E-state index contributed by atoms with van der Waals surface area (Å²) >= 11 is 11.8. The average molecular weight is 351 g/mol. The molecule has 0 radical (unpaired) electrons. The molecule has 4 nitrogen and oxygen atoms in total. The fourth-order valence-electron chi connectivity index (χ4n) is 2.17. The van der Waals surface area contributed by atoms with E-state index in [0.29, 0.717) is 22.3 Å². The van der Waals surface area contributed by atoms with E-state index in [-0.39, 0.29) is 12.3 Å². The third-order valence-electron chi connectivity index (χ3n) is 3.14. The second-order valence-electron chi connectivity index (χ2n) is 4.86. The largest absolute Gasteiger partial charge is 0.326 e.